The van der Waals surface area contributed by atoms with Crippen LogP contribution in [0.2, 0.25) is 0 Å². The summed E-state index contributed by atoms with van der Waals surface area (Å²) in [6, 6.07) is 5.99. The van der Waals surface area contributed by atoms with Gasteiger partial charge in [0.15, 0.2) is 0 Å². The van der Waals surface area contributed by atoms with Crippen molar-refractivity contribution in [2.45, 2.75) is 72.5 Å². The highest BCUT2D eigenvalue weighted by Crippen LogP contribution is 2.19. The minimum atomic E-state index is 0.592. The molecule has 0 saturated carbocycles. The van der Waals surface area contributed by atoms with Crippen LogP contribution >= 0.6 is 0 Å². The molecule has 0 spiro atoms. The van der Waals surface area contributed by atoms with Gasteiger partial charge in [-0.3, -0.25) is 4.90 Å². The highest BCUT2D eigenvalue weighted by atomic mass is 15.2. The highest BCUT2D eigenvalue weighted by Gasteiger charge is 2.19. The summed E-state index contributed by atoms with van der Waals surface area (Å²) in [5.41, 5.74) is 5.74. The fraction of sp³-hybridized carbons (Fsp3) is 0.684. The fourth-order valence-corrected chi connectivity index (χ4v) is 3.23. The Bertz CT molecular complexity index is 459. The number of rotatable bonds is 5. The predicted octanol–water partition coefficient (Wildman–Crippen LogP) is 3.96. The summed E-state index contributed by atoms with van der Waals surface area (Å²) in [5, 5.41) is 3.68. The number of hydrogen-bond acceptors (Lipinski definition) is 2. The Morgan fingerprint density at radius 3 is 2.43 bits per heavy atom. The van der Waals surface area contributed by atoms with Crippen molar-refractivity contribution in [2.75, 3.05) is 13.1 Å². The topological polar surface area (TPSA) is 15.3 Å². The summed E-state index contributed by atoms with van der Waals surface area (Å²) >= 11 is 0. The third-order valence-corrected chi connectivity index (χ3v) is 4.92. The van der Waals surface area contributed by atoms with Gasteiger partial charge in [0.1, 0.15) is 0 Å². The monoisotopic (exact) mass is 288 g/mol. The van der Waals surface area contributed by atoms with E-state index in [0.29, 0.717) is 12.1 Å². The van der Waals surface area contributed by atoms with Crippen LogP contribution in [0, 0.1) is 20.8 Å². The zero-order valence-corrected chi connectivity index (χ0v) is 14.5. The van der Waals surface area contributed by atoms with Gasteiger partial charge in [-0.05, 0) is 76.3 Å². The molecule has 1 fully saturated rings. The van der Waals surface area contributed by atoms with Gasteiger partial charge in [0.2, 0.25) is 0 Å². The largest absolute Gasteiger partial charge is 0.313 e. The molecule has 2 nitrogen and oxygen atoms in total. The Hall–Kier alpha value is -0.860. The molecule has 1 saturated heterocycles. The van der Waals surface area contributed by atoms with Gasteiger partial charge >= 0.3 is 0 Å². The van der Waals surface area contributed by atoms with E-state index in [1.807, 2.05) is 0 Å². The van der Waals surface area contributed by atoms with Crippen molar-refractivity contribution >= 4 is 0 Å². The molecule has 0 bridgehead atoms. The number of nitrogens with one attached hydrogen (secondary N) is 1. The van der Waals surface area contributed by atoms with Crippen molar-refractivity contribution in [3.05, 3.63) is 34.4 Å². The molecule has 1 atom stereocenters. The molecule has 1 aromatic rings. The van der Waals surface area contributed by atoms with E-state index in [9.17, 15) is 0 Å². The van der Waals surface area contributed by atoms with Gasteiger partial charge in [-0.15, -0.1) is 0 Å². The molecule has 0 amide bonds. The van der Waals surface area contributed by atoms with Gasteiger partial charge in [-0.2, -0.15) is 0 Å². The van der Waals surface area contributed by atoms with Crippen molar-refractivity contribution < 1.29 is 0 Å². The number of hydrogen-bond donors (Lipinski definition) is 1. The lowest BCUT2D eigenvalue weighted by Crippen LogP contribution is -2.45. The summed E-state index contributed by atoms with van der Waals surface area (Å²) in [4.78, 5) is 2.63. The zero-order valence-electron chi connectivity index (χ0n) is 14.5. The van der Waals surface area contributed by atoms with E-state index in [4.69, 9.17) is 0 Å². The number of aryl methyl sites for hydroxylation is 3. The quantitative estimate of drug-likeness (QED) is 0.882. The van der Waals surface area contributed by atoms with E-state index in [0.717, 1.165) is 6.54 Å². The van der Waals surface area contributed by atoms with Gasteiger partial charge in [0.25, 0.3) is 0 Å². The number of nitrogens with zero attached hydrogens (tertiary/aromatic N) is 1. The smallest absolute Gasteiger partial charge is 0.0239 e. The Morgan fingerprint density at radius 2 is 1.81 bits per heavy atom. The van der Waals surface area contributed by atoms with Crippen molar-refractivity contribution in [3.63, 3.8) is 0 Å². The molecule has 1 N–H and O–H groups in total. The molecule has 1 heterocycles. The molecule has 118 valence electrons. The minimum absolute atomic E-state index is 0.592. The lowest BCUT2D eigenvalue weighted by Gasteiger charge is -2.33. The molecule has 0 aliphatic carbocycles. The van der Waals surface area contributed by atoms with E-state index in [1.165, 1.54) is 54.6 Å². The SMILES string of the molecule is Cc1cc(C)c(CN(CC2CCCCN2)C(C)C)cc1C. The fourth-order valence-electron chi connectivity index (χ4n) is 3.23. The minimum Gasteiger partial charge on any atom is -0.313 e. The Kier molecular flexibility index (Phi) is 5.83. The van der Waals surface area contributed by atoms with Crippen molar-refractivity contribution in [1.29, 1.82) is 0 Å². The molecule has 2 heteroatoms. The first-order chi connectivity index (χ1) is 9.97. The van der Waals surface area contributed by atoms with Crippen LogP contribution in [0.5, 0.6) is 0 Å². The molecule has 1 aliphatic rings. The lowest BCUT2D eigenvalue weighted by atomic mass is 9.99. The maximum Gasteiger partial charge on any atom is 0.0239 e. The van der Waals surface area contributed by atoms with Crippen LogP contribution in [0.1, 0.15) is 55.4 Å². The van der Waals surface area contributed by atoms with Crippen LogP contribution in [0.15, 0.2) is 12.1 Å². The molecule has 1 aliphatic heterocycles. The Labute approximate surface area is 130 Å². The van der Waals surface area contributed by atoms with Crippen molar-refractivity contribution in [1.82, 2.24) is 10.2 Å². The summed E-state index contributed by atoms with van der Waals surface area (Å²) in [5.74, 6) is 0. The van der Waals surface area contributed by atoms with E-state index in [1.54, 1.807) is 0 Å². The molecule has 0 aromatic heterocycles. The van der Waals surface area contributed by atoms with Gasteiger partial charge in [-0.25, -0.2) is 0 Å². The molecule has 1 aromatic carbocycles. The van der Waals surface area contributed by atoms with Crippen LogP contribution < -0.4 is 5.32 Å². The van der Waals surface area contributed by atoms with Crippen LogP contribution in [0.4, 0.5) is 0 Å². The van der Waals surface area contributed by atoms with Crippen LogP contribution in [0.25, 0.3) is 0 Å². The normalized spacial score (nSPS) is 19.5. The maximum absolute atomic E-state index is 3.68. The summed E-state index contributed by atoms with van der Waals surface area (Å²) in [6.07, 6.45) is 4.05. The second kappa shape index (κ2) is 7.42. The average Bonchev–Trinajstić information content (AvgIpc) is 2.44. The number of piperidine rings is 1. The van der Waals surface area contributed by atoms with Crippen LogP contribution in [0.3, 0.4) is 0 Å². The van der Waals surface area contributed by atoms with Gasteiger partial charge < -0.3 is 5.32 Å². The first kappa shape index (κ1) is 16.5. The molecule has 1 unspecified atom stereocenters. The summed E-state index contributed by atoms with van der Waals surface area (Å²) in [7, 11) is 0. The zero-order chi connectivity index (χ0) is 15.4. The second-order valence-electron chi connectivity index (χ2n) is 7.03. The molecule has 0 radical (unpaired) electrons. The Balaban J connectivity index is 2.07. The van der Waals surface area contributed by atoms with Crippen molar-refractivity contribution in [2.24, 2.45) is 0 Å². The Morgan fingerprint density at radius 1 is 1.10 bits per heavy atom. The third-order valence-electron chi connectivity index (χ3n) is 4.92. The standard InChI is InChI=1S/C19H32N2/c1-14(2)21(13-19-8-6-7-9-20-19)12-18-11-16(4)15(3)10-17(18)5/h10-11,14,19-20H,6-9,12-13H2,1-5H3. The first-order valence-corrected chi connectivity index (χ1v) is 8.51. The summed E-state index contributed by atoms with van der Waals surface area (Å²) < 4.78 is 0. The molecular formula is C19H32N2. The van der Waals surface area contributed by atoms with Gasteiger partial charge in [0, 0.05) is 25.2 Å². The third kappa shape index (κ3) is 4.55. The maximum atomic E-state index is 3.68. The first-order valence-electron chi connectivity index (χ1n) is 8.51. The summed E-state index contributed by atoms with van der Waals surface area (Å²) in [6.45, 7) is 14.8. The van der Waals surface area contributed by atoms with Gasteiger partial charge in [-0.1, -0.05) is 18.6 Å². The van der Waals surface area contributed by atoms with Crippen molar-refractivity contribution in [3.8, 4) is 0 Å². The van der Waals surface area contributed by atoms with Gasteiger partial charge in [0.05, 0.1) is 0 Å². The molecule has 21 heavy (non-hydrogen) atoms. The lowest BCUT2D eigenvalue weighted by molar-refractivity contribution is 0.177. The van der Waals surface area contributed by atoms with Crippen LogP contribution in [-0.2, 0) is 6.54 Å². The number of benzene rings is 1. The molecular weight excluding hydrogens is 256 g/mol. The predicted molar refractivity (Wildman–Crippen MR) is 91.8 cm³/mol. The van der Waals surface area contributed by atoms with E-state index in [2.05, 4.69) is 57.0 Å². The van der Waals surface area contributed by atoms with E-state index < -0.39 is 0 Å². The molecule has 2 rings (SSSR count). The van der Waals surface area contributed by atoms with Crippen LogP contribution in [-0.4, -0.2) is 30.1 Å². The second-order valence-corrected chi connectivity index (χ2v) is 7.03. The van der Waals surface area contributed by atoms with E-state index in [-0.39, 0.29) is 0 Å². The highest BCUT2D eigenvalue weighted by molar-refractivity contribution is 5.36. The van der Waals surface area contributed by atoms with E-state index >= 15 is 0 Å². The average molecular weight is 288 g/mol.